The second kappa shape index (κ2) is 6.83. The molecule has 27 heavy (non-hydrogen) atoms. The Hall–Kier alpha value is -3.21. The van der Waals surface area contributed by atoms with Gasteiger partial charge in [0.1, 0.15) is 5.75 Å². The maximum absolute atomic E-state index is 14.1. The van der Waals surface area contributed by atoms with Crippen molar-refractivity contribution in [1.29, 1.82) is 0 Å². The molecule has 0 spiro atoms. The van der Waals surface area contributed by atoms with Crippen molar-refractivity contribution in [3.05, 3.63) is 83.1 Å². The van der Waals surface area contributed by atoms with E-state index in [1.165, 1.54) is 0 Å². The lowest BCUT2D eigenvalue weighted by molar-refractivity contribution is 0.437. The van der Waals surface area contributed by atoms with Gasteiger partial charge < -0.3 is 9.30 Å². The lowest BCUT2D eigenvalue weighted by Crippen LogP contribution is -2.03. The van der Waals surface area contributed by atoms with E-state index in [1.54, 1.807) is 0 Å². The van der Waals surface area contributed by atoms with Gasteiger partial charge in [0.25, 0.3) is 0 Å². The summed E-state index contributed by atoms with van der Waals surface area (Å²) >= 11 is 0. The maximum atomic E-state index is 14.1. The second-order valence-electron chi connectivity index (χ2n) is 6.79. The van der Waals surface area contributed by atoms with Crippen LogP contribution in [0.4, 0.5) is 4.39 Å². The van der Waals surface area contributed by atoms with Crippen molar-refractivity contribution in [3.8, 4) is 11.6 Å². The summed E-state index contributed by atoms with van der Waals surface area (Å²) in [6.07, 6.45) is 1.08. The molecule has 0 aliphatic rings. The molecular weight excluding hydrogens is 341 g/mol. The number of aromatic nitrogens is 3. The topological polar surface area (TPSA) is 39.9 Å². The summed E-state index contributed by atoms with van der Waals surface area (Å²) in [5.41, 5.74) is 4.77. The third-order valence-electron chi connectivity index (χ3n) is 4.56. The van der Waals surface area contributed by atoms with E-state index in [1.807, 2.05) is 80.1 Å². The molecule has 0 saturated carbocycles. The fourth-order valence-corrected chi connectivity index (χ4v) is 3.42. The highest BCUT2D eigenvalue weighted by Gasteiger charge is 2.16. The van der Waals surface area contributed by atoms with Crippen LogP contribution in [-0.4, -0.2) is 14.5 Å². The molecule has 0 fully saturated rings. The molecule has 0 N–H and O–H groups in total. The molecule has 0 saturated heterocycles. The number of aryl methyl sites for hydroxylation is 3. The van der Waals surface area contributed by atoms with Gasteiger partial charge in [0.2, 0.25) is 5.88 Å². The summed E-state index contributed by atoms with van der Waals surface area (Å²) in [5.74, 6) is 0.940. The van der Waals surface area contributed by atoms with Crippen molar-refractivity contribution in [3.63, 3.8) is 0 Å². The third-order valence-corrected chi connectivity index (χ3v) is 4.56. The number of hydrogen-bond acceptors (Lipinski definition) is 3. The van der Waals surface area contributed by atoms with Gasteiger partial charge in [-0.15, -0.1) is 0 Å². The number of nitrogens with zero attached hydrogens (tertiary/aromatic N) is 3. The Morgan fingerprint density at radius 1 is 0.963 bits per heavy atom. The first-order valence-corrected chi connectivity index (χ1v) is 8.83. The smallest absolute Gasteiger partial charge is 0.313 e. The lowest BCUT2D eigenvalue weighted by Gasteiger charge is -2.13. The van der Waals surface area contributed by atoms with Gasteiger partial charge >= 0.3 is 6.08 Å². The van der Waals surface area contributed by atoms with E-state index in [0.29, 0.717) is 23.3 Å². The Morgan fingerprint density at radius 2 is 1.67 bits per heavy atom. The Balaban J connectivity index is 1.76. The van der Waals surface area contributed by atoms with Crippen LogP contribution in [0.2, 0.25) is 0 Å². The number of fused-ring (bicyclic) bond motifs is 1. The van der Waals surface area contributed by atoms with Gasteiger partial charge in [-0.1, -0.05) is 48.0 Å². The van der Waals surface area contributed by atoms with Crippen LogP contribution in [0.1, 0.15) is 22.3 Å². The first-order chi connectivity index (χ1) is 13.0. The zero-order valence-electron chi connectivity index (χ0n) is 15.5. The van der Waals surface area contributed by atoms with Crippen LogP contribution in [0.5, 0.6) is 11.6 Å². The normalized spacial score (nSPS) is 11.1. The summed E-state index contributed by atoms with van der Waals surface area (Å²) in [6.45, 7) is 6.59. The van der Waals surface area contributed by atoms with Crippen LogP contribution < -0.4 is 4.74 Å². The number of rotatable bonds is 4. The molecule has 0 amide bonds. The molecule has 0 atom stereocenters. The van der Waals surface area contributed by atoms with Gasteiger partial charge in [-0.25, -0.2) is 0 Å². The molecule has 2 aromatic carbocycles. The number of benzene rings is 2. The molecule has 2 heterocycles. The molecule has 136 valence electrons. The minimum absolute atomic E-state index is 0.236. The first kappa shape index (κ1) is 17.2. The second-order valence-corrected chi connectivity index (χ2v) is 6.79. The van der Waals surface area contributed by atoms with Crippen LogP contribution in [0, 0.1) is 26.8 Å². The van der Waals surface area contributed by atoms with Crippen molar-refractivity contribution in [2.45, 2.75) is 27.3 Å². The Kier molecular flexibility index (Phi) is 4.36. The quantitative estimate of drug-likeness (QED) is 0.461. The van der Waals surface area contributed by atoms with Crippen LogP contribution in [0.15, 0.2) is 54.7 Å². The van der Waals surface area contributed by atoms with Crippen LogP contribution in [-0.2, 0) is 6.54 Å². The van der Waals surface area contributed by atoms with E-state index in [0.717, 1.165) is 22.3 Å². The molecular formula is C22H20FN3O. The molecule has 2 aromatic heterocycles. The van der Waals surface area contributed by atoms with E-state index in [9.17, 15) is 4.39 Å². The van der Waals surface area contributed by atoms with Crippen molar-refractivity contribution >= 4 is 11.0 Å². The summed E-state index contributed by atoms with van der Waals surface area (Å²) < 4.78 is 22.1. The Bertz CT molecular complexity index is 1100. The highest BCUT2D eigenvalue weighted by molar-refractivity contribution is 5.81. The molecule has 5 heteroatoms. The van der Waals surface area contributed by atoms with Crippen molar-refractivity contribution in [2.75, 3.05) is 0 Å². The summed E-state index contributed by atoms with van der Waals surface area (Å²) in [7, 11) is 0. The molecule has 4 nitrogen and oxygen atoms in total. The van der Waals surface area contributed by atoms with Gasteiger partial charge in [-0.3, -0.25) is 0 Å². The van der Waals surface area contributed by atoms with Crippen molar-refractivity contribution in [1.82, 2.24) is 14.5 Å². The summed E-state index contributed by atoms with van der Waals surface area (Å²) in [4.78, 5) is 7.91. The standard InChI is InChI=1S/C22H20FN3O/c1-14-11-15(2)19(16(3)12-14)27-21-18-9-10-26(20(18)24-22(23)25-21)13-17-7-5-4-6-8-17/h4-12H,13H2,1-3H3. The molecule has 4 aromatic rings. The van der Waals surface area contributed by atoms with Crippen LogP contribution in [0.25, 0.3) is 11.0 Å². The first-order valence-electron chi connectivity index (χ1n) is 8.83. The molecule has 0 radical (unpaired) electrons. The number of hydrogen-bond donors (Lipinski definition) is 0. The maximum Gasteiger partial charge on any atom is 0.313 e. The van der Waals surface area contributed by atoms with Gasteiger partial charge in [-0.05, 0) is 43.5 Å². The minimum atomic E-state index is -0.798. The highest BCUT2D eigenvalue weighted by atomic mass is 19.1. The SMILES string of the molecule is Cc1cc(C)c(Oc2nc(F)nc3c2ccn3Cc2ccccc2)c(C)c1. The predicted octanol–water partition coefficient (Wildman–Crippen LogP) is 5.34. The molecule has 0 aliphatic heterocycles. The van der Waals surface area contributed by atoms with Gasteiger partial charge in [0.05, 0.1) is 5.39 Å². The average molecular weight is 361 g/mol. The zero-order valence-corrected chi connectivity index (χ0v) is 15.5. The van der Waals surface area contributed by atoms with Crippen molar-refractivity contribution < 1.29 is 9.13 Å². The average Bonchev–Trinajstić information content (AvgIpc) is 3.01. The Morgan fingerprint density at radius 3 is 2.37 bits per heavy atom. The summed E-state index contributed by atoms with van der Waals surface area (Å²) in [5, 5.41) is 0.687. The fourth-order valence-electron chi connectivity index (χ4n) is 3.42. The van der Waals surface area contributed by atoms with Gasteiger partial charge in [0.15, 0.2) is 5.65 Å². The molecule has 4 rings (SSSR count). The van der Waals surface area contributed by atoms with E-state index in [-0.39, 0.29) is 5.88 Å². The van der Waals surface area contributed by atoms with E-state index in [4.69, 9.17) is 4.74 Å². The van der Waals surface area contributed by atoms with Gasteiger partial charge in [0, 0.05) is 12.7 Å². The van der Waals surface area contributed by atoms with E-state index >= 15 is 0 Å². The monoisotopic (exact) mass is 361 g/mol. The fraction of sp³-hybridized carbons (Fsp3) is 0.182. The van der Waals surface area contributed by atoms with Crippen LogP contribution in [0.3, 0.4) is 0 Å². The molecule has 0 unspecified atom stereocenters. The zero-order chi connectivity index (χ0) is 19.0. The number of ether oxygens (including phenoxy) is 1. The predicted molar refractivity (Wildman–Crippen MR) is 104 cm³/mol. The highest BCUT2D eigenvalue weighted by Crippen LogP contribution is 2.33. The van der Waals surface area contributed by atoms with E-state index < -0.39 is 6.08 Å². The van der Waals surface area contributed by atoms with Crippen LogP contribution >= 0.6 is 0 Å². The molecule has 0 bridgehead atoms. The minimum Gasteiger partial charge on any atom is -0.438 e. The van der Waals surface area contributed by atoms with Crippen molar-refractivity contribution in [2.24, 2.45) is 0 Å². The lowest BCUT2D eigenvalue weighted by atomic mass is 10.1. The Labute approximate surface area is 157 Å². The van der Waals surface area contributed by atoms with E-state index in [2.05, 4.69) is 9.97 Å². The largest absolute Gasteiger partial charge is 0.438 e. The van der Waals surface area contributed by atoms with Gasteiger partial charge in [-0.2, -0.15) is 14.4 Å². The third kappa shape index (κ3) is 3.40. The summed E-state index contributed by atoms with van der Waals surface area (Å²) in [6, 6.07) is 15.9. The number of halogens is 1. The molecule has 0 aliphatic carbocycles.